The number of amides is 1. The number of esters is 1. The maximum atomic E-state index is 14.6. The second-order valence-electron chi connectivity index (χ2n) is 8.74. The summed E-state index contributed by atoms with van der Waals surface area (Å²) in [7, 11) is 1.60. The number of benzene rings is 2. The minimum Gasteiger partial charge on any atom is -0.462 e. The molecule has 36 heavy (non-hydrogen) atoms. The first-order valence-corrected chi connectivity index (χ1v) is 11.8. The fourth-order valence-corrected chi connectivity index (χ4v) is 5.28. The third-order valence-electron chi connectivity index (χ3n) is 6.72. The van der Waals surface area contributed by atoms with Gasteiger partial charge in [-0.05, 0) is 37.6 Å². The summed E-state index contributed by atoms with van der Waals surface area (Å²) in [6.45, 7) is 3.61. The van der Waals surface area contributed by atoms with Gasteiger partial charge in [0.15, 0.2) is 0 Å². The second kappa shape index (κ2) is 8.57. The van der Waals surface area contributed by atoms with Crippen molar-refractivity contribution in [3.8, 4) is 5.75 Å². The van der Waals surface area contributed by atoms with Crippen LogP contribution in [0.25, 0.3) is 0 Å². The Morgan fingerprint density at radius 3 is 2.61 bits per heavy atom. The molecule has 2 aliphatic heterocycles. The van der Waals surface area contributed by atoms with Crippen LogP contribution in [-0.4, -0.2) is 23.1 Å². The van der Waals surface area contributed by atoms with Gasteiger partial charge in [0.25, 0.3) is 5.56 Å². The largest absolute Gasteiger partial charge is 0.462 e. The first-order chi connectivity index (χ1) is 17.2. The zero-order valence-electron chi connectivity index (χ0n) is 20.0. The van der Waals surface area contributed by atoms with Gasteiger partial charge in [0.05, 0.1) is 18.7 Å². The van der Waals surface area contributed by atoms with Crippen LogP contribution in [0.3, 0.4) is 0 Å². The van der Waals surface area contributed by atoms with Crippen LogP contribution in [0.2, 0.25) is 5.02 Å². The lowest BCUT2D eigenvalue weighted by Gasteiger charge is -2.35. The van der Waals surface area contributed by atoms with Crippen LogP contribution in [0.15, 0.2) is 70.8 Å². The van der Waals surface area contributed by atoms with Gasteiger partial charge in [-0.15, -0.1) is 0 Å². The van der Waals surface area contributed by atoms with E-state index in [1.54, 1.807) is 74.3 Å². The molecular formula is C27H24ClN3O5. The number of nitrogens with zero attached hydrogens (tertiary/aromatic N) is 2. The van der Waals surface area contributed by atoms with Gasteiger partial charge in [0.2, 0.25) is 11.8 Å². The van der Waals surface area contributed by atoms with Crippen molar-refractivity contribution in [2.75, 3.05) is 11.5 Å². The molecule has 1 amide bonds. The van der Waals surface area contributed by atoms with Gasteiger partial charge in [0, 0.05) is 35.1 Å². The summed E-state index contributed by atoms with van der Waals surface area (Å²) < 4.78 is 12.5. The molecule has 184 valence electrons. The normalized spacial score (nSPS) is 18.2. The predicted octanol–water partition coefficient (Wildman–Crippen LogP) is 3.31. The maximum Gasteiger partial charge on any atom is 0.341 e. The highest BCUT2D eigenvalue weighted by atomic mass is 35.5. The molecule has 2 aromatic carbocycles. The molecule has 9 heteroatoms. The quantitative estimate of drug-likeness (QED) is 0.546. The van der Waals surface area contributed by atoms with E-state index in [2.05, 4.69) is 0 Å². The first-order valence-electron chi connectivity index (χ1n) is 11.4. The molecule has 0 radical (unpaired) electrons. The Morgan fingerprint density at radius 2 is 1.89 bits per heavy atom. The van der Waals surface area contributed by atoms with Crippen LogP contribution in [0.1, 0.15) is 29.3 Å². The van der Waals surface area contributed by atoms with E-state index in [0.29, 0.717) is 22.0 Å². The molecule has 0 aliphatic carbocycles. The topological polar surface area (TPSA) is 104 Å². The lowest BCUT2D eigenvalue weighted by atomic mass is 9.68. The molecule has 1 unspecified atom stereocenters. The molecule has 5 rings (SSSR count). The Morgan fingerprint density at radius 1 is 1.14 bits per heavy atom. The van der Waals surface area contributed by atoms with Crippen molar-refractivity contribution in [1.29, 1.82) is 0 Å². The highest BCUT2D eigenvalue weighted by molar-refractivity contribution is 6.30. The van der Waals surface area contributed by atoms with Crippen LogP contribution in [0.4, 0.5) is 5.69 Å². The van der Waals surface area contributed by atoms with Gasteiger partial charge in [-0.25, -0.2) is 4.79 Å². The summed E-state index contributed by atoms with van der Waals surface area (Å²) in [4.78, 5) is 43.3. The summed E-state index contributed by atoms with van der Waals surface area (Å²) in [5, 5.41) is 0.527. The van der Waals surface area contributed by atoms with Crippen molar-refractivity contribution in [3.05, 3.63) is 104 Å². The molecule has 1 aromatic heterocycles. The van der Waals surface area contributed by atoms with Crippen molar-refractivity contribution in [2.45, 2.75) is 25.8 Å². The Kier molecular flexibility index (Phi) is 5.64. The van der Waals surface area contributed by atoms with E-state index in [1.165, 1.54) is 4.57 Å². The summed E-state index contributed by atoms with van der Waals surface area (Å²) in [6, 6.07) is 15.8. The van der Waals surface area contributed by atoms with Gasteiger partial charge >= 0.3 is 5.97 Å². The Hall–Kier alpha value is -4.04. The van der Waals surface area contributed by atoms with Crippen molar-refractivity contribution < 1.29 is 19.1 Å². The average molecular weight is 506 g/mol. The van der Waals surface area contributed by atoms with E-state index in [0.717, 1.165) is 5.56 Å². The second-order valence-corrected chi connectivity index (χ2v) is 9.18. The molecule has 0 bridgehead atoms. The third-order valence-corrected chi connectivity index (χ3v) is 6.96. The van der Waals surface area contributed by atoms with Gasteiger partial charge < -0.3 is 24.7 Å². The van der Waals surface area contributed by atoms with Gasteiger partial charge in [0.1, 0.15) is 16.7 Å². The monoisotopic (exact) mass is 505 g/mol. The zero-order valence-corrected chi connectivity index (χ0v) is 20.8. The summed E-state index contributed by atoms with van der Waals surface area (Å²) >= 11 is 6.20. The third kappa shape index (κ3) is 3.25. The number of nitrogens with two attached hydrogens (primary N) is 1. The number of ether oxygens (including phenoxy) is 2. The molecule has 3 aromatic rings. The Labute approximate surface area is 212 Å². The van der Waals surface area contributed by atoms with E-state index < -0.39 is 22.9 Å². The van der Waals surface area contributed by atoms with Crippen molar-refractivity contribution in [2.24, 2.45) is 12.8 Å². The molecule has 0 fully saturated rings. The van der Waals surface area contributed by atoms with E-state index in [9.17, 15) is 14.4 Å². The highest BCUT2D eigenvalue weighted by Crippen LogP contribution is 2.54. The molecule has 1 atom stereocenters. The van der Waals surface area contributed by atoms with Crippen molar-refractivity contribution in [1.82, 2.24) is 4.57 Å². The smallest absolute Gasteiger partial charge is 0.341 e. The average Bonchev–Trinajstić information content (AvgIpc) is 3.06. The van der Waals surface area contributed by atoms with Crippen LogP contribution in [-0.2, 0) is 33.3 Å². The number of halogens is 1. The number of rotatable bonds is 4. The standard InChI is InChI=1S/C27H24ClN3O5/c1-4-35-25(33)22-23(29)36-20-12-15(2)30(3)24(32)21(20)27(22)18-10-5-6-11-19(18)31(26(27)34)14-16-8-7-9-17(28)13-16/h5-13H,4,14,29H2,1-3H3. The van der Waals surface area contributed by atoms with Gasteiger partial charge in [-0.2, -0.15) is 0 Å². The number of anilines is 1. The number of carbonyl (C=O) groups is 2. The molecule has 3 heterocycles. The van der Waals surface area contributed by atoms with Crippen LogP contribution < -0.4 is 20.9 Å². The SMILES string of the molecule is CCOC(=O)C1=C(N)Oc2cc(C)n(C)c(=O)c2C12C(=O)N(Cc1cccc(Cl)c1)c1ccccc12. The van der Waals surface area contributed by atoms with Crippen LogP contribution >= 0.6 is 11.6 Å². The molecule has 8 nitrogen and oxygen atoms in total. The number of hydrogen-bond acceptors (Lipinski definition) is 6. The fraction of sp³-hybridized carbons (Fsp3) is 0.222. The summed E-state index contributed by atoms with van der Waals surface area (Å²) in [6.07, 6.45) is 0. The summed E-state index contributed by atoms with van der Waals surface area (Å²) in [5.74, 6) is -1.47. The molecule has 2 N–H and O–H groups in total. The van der Waals surface area contributed by atoms with Crippen LogP contribution in [0, 0.1) is 6.92 Å². The highest BCUT2D eigenvalue weighted by Gasteiger charge is 2.62. The van der Waals surface area contributed by atoms with Crippen LogP contribution in [0.5, 0.6) is 5.75 Å². The van der Waals surface area contributed by atoms with E-state index in [-0.39, 0.29) is 35.9 Å². The first kappa shape index (κ1) is 23.7. The minimum absolute atomic E-state index is 0.0268. The molecular weight excluding hydrogens is 482 g/mol. The number of carbonyl (C=O) groups excluding carboxylic acids is 2. The zero-order chi connectivity index (χ0) is 25.8. The van der Waals surface area contributed by atoms with Gasteiger partial charge in [-0.3, -0.25) is 9.59 Å². The van der Waals surface area contributed by atoms with E-state index in [4.69, 9.17) is 26.8 Å². The Balaban J connectivity index is 1.85. The number of aryl methyl sites for hydroxylation is 1. The van der Waals surface area contributed by atoms with E-state index in [1.807, 2.05) is 6.07 Å². The molecule has 1 spiro atoms. The number of hydrogen-bond donors (Lipinski definition) is 1. The maximum absolute atomic E-state index is 14.6. The number of aromatic nitrogens is 1. The predicted molar refractivity (Wildman–Crippen MR) is 135 cm³/mol. The number of fused-ring (bicyclic) bond motifs is 4. The number of pyridine rings is 1. The summed E-state index contributed by atoms with van der Waals surface area (Å²) in [5.41, 5.74) is 6.21. The van der Waals surface area contributed by atoms with E-state index >= 15 is 0 Å². The fourth-order valence-electron chi connectivity index (χ4n) is 5.07. The van der Waals surface area contributed by atoms with Crippen molar-refractivity contribution in [3.63, 3.8) is 0 Å². The molecule has 0 saturated carbocycles. The Bertz CT molecular complexity index is 1530. The lowest BCUT2D eigenvalue weighted by molar-refractivity contribution is -0.140. The lowest BCUT2D eigenvalue weighted by Crippen LogP contribution is -2.51. The number of para-hydroxylation sites is 1. The molecule has 2 aliphatic rings. The van der Waals surface area contributed by atoms with Crippen molar-refractivity contribution >= 4 is 29.2 Å². The minimum atomic E-state index is -1.85. The van der Waals surface area contributed by atoms with Gasteiger partial charge in [-0.1, -0.05) is 41.9 Å². The molecule has 0 saturated heterocycles.